The maximum atomic E-state index is 12.8. The summed E-state index contributed by atoms with van der Waals surface area (Å²) in [6, 6.07) is 0.832. The van der Waals surface area contributed by atoms with Gasteiger partial charge in [0.2, 0.25) is 5.91 Å². The van der Waals surface area contributed by atoms with Crippen molar-refractivity contribution >= 4 is 21.4 Å². The molecule has 1 fully saturated rings. The SMILES string of the molecule is O=C(CC1CCS(=O)(=O)CC1)Nc1cc(C(F)(F)F)cc(C(F)(F)F)c1. The number of hydrogen-bond donors (Lipinski definition) is 1. The lowest BCUT2D eigenvalue weighted by molar-refractivity contribution is -0.143. The molecule has 0 aromatic heterocycles. The molecule has 1 aromatic carbocycles. The van der Waals surface area contributed by atoms with Gasteiger partial charge in [0.15, 0.2) is 0 Å². The van der Waals surface area contributed by atoms with Crippen LogP contribution in [0.25, 0.3) is 0 Å². The average Bonchev–Trinajstić information content (AvgIpc) is 2.47. The molecule has 0 radical (unpaired) electrons. The van der Waals surface area contributed by atoms with Gasteiger partial charge in [-0.05, 0) is 37.0 Å². The predicted octanol–water partition coefficient (Wildman–Crippen LogP) is 3.88. The monoisotopic (exact) mass is 403 g/mol. The highest BCUT2D eigenvalue weighted by Gasteiger charge is 2.37. The first-order valence-corrected chi connectivity index (χ1v) is 9.38. The van der Waals surface area contributed by atoms with E-state index in [1.165, 1.54) is 0 Å². The van der Waals surface area contributed by atoms with Crippen molar-refractivity contribution in [2.24, 2.45) is 5.92 Å². The van der Waals surface area contributed by atoms with E-state index in [0.717, 1.165) is 0 Å². The summed E-state index contributed by atoms with van der Waals surface area (Å²) in [6.07, 6.45) is -9.72. The second-order valence-corrected chi connectivity index (χ2v) is 8.45. The zero-order valence-corrected chi connectivity index (χ0v) is 14.1. The molecule has 0 spiro atoms. The number of hydrogen-bond acceptors (Lipinski definition) is 3. The molecule has 1 N–H and O–H groups in total. The van der Waals surface area contributed by atoms with Gasteiger partial charge in [0, 0.05) is 12.1 Å². The number of carbonyl (C=O) groups is 1. The molecular formula is C15H15F6NO3S. The fraction of sp³-hybridized carbons (Fsp3) is 0.533. The zero-order valence-electron chi connectivity index (χ0n) is 13.2. The molecule has 146 valence electrons. The molecular weight excluding hydrogens is 388 g/mol. The minimum atomic E-state index is -5.00. The van der Waals surface area contributed by atoms with Gasteiger partial charge in [0.1, 0.15) is 9.84 Å². The summed E-state index contributed by atoms with van der Waals surface area (Å²) in [4.78, 5) is 11.9. The minimum absolute atomic E-state index is 0.0261. The van der Waals surface area contributed by atoms with Crippen LogP contribution in [0, 0.1) is 5.92 Å². The van der Waals surface area contributed by atoms with Gasteiger partial charge in [-0.15, -0.1) is 0 Å². The van der Waals surface area contributed by atoms with Crippen molar-refractivity contribution in [3.05, 3.63) is 29.3 Å². The van der Waals surface area contributed by atoms with Gasteiger partial charge in [-0.25, -0.2) is 8.42 Å². The first kappa shape index (κ1) is 20.5. The Hall–Kier alpha value is -1.78. The van der Waals surface area contributed by atoms with Crippen molar-refractivity contribution in [1.29, 1.82) is 0 Å². The summed E-state index contributed by atoms with van der Waals surface area (Å²) in [6.45, 7) is 0. The van der Waals surface area contributed by atoms with Gasteiger partial charge >= 0.3 is 12.4 Å². The van der Waals surface area contributed by atoms with E-state index in [1.807, 2.05) is 5.32 Å². The van der Waals surface area contributed by atoms with Gasteiger partial charge in [-0.3, -0.25) is 4.79 Å². The topological polar surface area (TPSA) is 63.2 Å². The summed E-state index contributed by atoms with van der Waals surface area (Å²) in [5.74, 6) is -1.23. The van der Waals surface area contributed by atoms with E-state index in [4.69, 9.17) is 0 Å². The Bertz CT molecular complexity index is 739. The molecule has 1 aliphatic heterocycles. The highest BCUT2D eigenvalue weighted by molar-refractivity contribution is 7.91. The zero-order chi connectivity index (χ0) is 19.8. The first-order chi connectivity index (χ1) is 11.8. The normalized spacial score (nSPS) is 18.5. The molecule has 0 bridgehead atoms. The smallest absolute Gasteiger partial charge is 0.326 e. The number of rotatable bonds is 3. The van der Waals surface area contributed by atoms with Crippen molar-refractivity contribution in [3.8, 4) is 0 Å². The van der Waals surface area contributed by atoms with Gasteiger partial charge in [0.05, 0.1) is 22.6 Å². The summed E-state index contributed by atoms with van der Waals surface area (Å²) >= 11 is 0. The highest BCUT2D eigenvalue weighted by atomic mass is 32.2. The third-order valence-corrected chi connectivity index (χ3v) is 5.74. The number of benzene rings is 1. The summed E-state index contributed by atoms with van der Waals surface area (Å²) in [5.41, 5.74) is -3.65. The second kappa shape index (κ2) is 7.09. The third kappa shape index (κ3) is 5.61. The van der Waals surface area contributed by atoms with Crippen LogP contribution >= 0.6 is 0 Å². The van der Waals surface area contributed by atoms with E-state index in [2.05, 4.69) is 0 Å². The maximum absolute atomic E-state index is 12.8. The molecule has 26 heavy (non-hydrogen) atoms. The van der Waals surface area contributed by atoms with Crippen LogP contribution < -0.4 is 5.32 Å². The van der Waals surface area contributed by atoms with Crippen LogP contribution in [-0.4, -0.2) is 25.8 Å². The van der Waals surface area contributed by atoms with Crippen molar-refractivity contribution in [2.75, 3.05) is 16.8 Å². The number of anilines is 1. The molecule has 0 unspecified atom stereocenters. The van der Waals surface area contributed by atoms with E-state index >= 15 is 0 Å². The minimum Gasteiger partial charge on any atom is -0.326 e. The van der Waals surface area contributed by atoms with E-state index in [0.29, 0.717) is 12.1 Å². The maximum Gasteiger partial charge on any atom is 0.416 e. The Labute approximate surface area is 145 Å². The molecule has 1 heterocycles. The molecule has 1 aromatic rings. The molecule has 1 amide bonds. The Kier molecular flexibility index (Phi) is 5.60. The van der Waals surface area contributed by atoms with Crippen LogP contribution in [0.3, 0.4) is 0 Å². The molecule has 1 aliphatic rings. The summed E-state index contributed by atoms with van der Waals surface area (Å²) in [7, 11) is -3.14. The first-order valence-electron chi connectivity index (χ1n) is 7.56. The standard InChI is InChI=1S/C15H15F6NO3S/c16-14(17,18)10-6-11(15(19,20)21)8-12(7-10)22-13(23)5-9-1-3-26(24,25)4-2-9/h6-9H,1-5H2,(H,22,23). The lowest BCUT2D eigenvalue weighted by atomic mass is 9.98. The van der Waals surface area contributed by atoms with E-state index in [1.54, 1.807) is 0 Å². The van der Waals surface area contributed by atoms with Crippen LogP contribution in [-0.2, 0) is 27.0 Å². The molecule has 2 rings (SSSR count). The molecule has 4 nitrogen and oxygen atoms in total. The van der Waals surface area contributed by atoms with Crippen LogP contribution in [0.4, 0.5) is 32.0 Å². The average molecular weight is 403 g/mol. The summed E-state index contributed by atoms with van der Waals surface area (Å²) in [5, 5.41) is 2.05. The van der Waals surface area contributed by atoms with Gasteiger partial charge in [0.25, 0.3) is 0 Å². The van der Waals surface area contributed by atoms with Crippen molar-refractivity contribution in [1.82, 2.24) is 0 Å². The molecule has 0 atom stereocenters. The fourth-order valence-corrected chi connectivity index (χ4v) is 4.23. The lowest BCUT2D eigenvalue weighted by Crippen LogP contribution is -2.26. The Morgan fingerprint density at radius 1 is 0.962 bits per heavy atom. The van der Waals surface area contributed by atoms with Gasteiger partial charge < -0.3 is 5.32 Å². The van der Waals surface area contributed by atoms with Crippen LogP contribution in [0.2, 0.25) is 0 Å². The number of alkyl halides is 6. The van der Waals surface area contributed by atoms with E-state index < -0.39 is 44.9 Å². The van der Waals surface area contributed by atoms with Crippen LogP contribution in [0.15, 0.2) is 18.2 Å². The number of amides is 1. The number of halogens is 6. The fourth-order valence-electron chi connectivity index (χ4n) is 2.64. The third-order valence-electron chi connectivity index (χ3n) is 4.02. The van der Waals surface area contributed by atoms with E-state index in [-0.39, 0.29) is 42.8 Å². The number of nitrogens with one attached hydrogen (secondary N) is 1. The van der Waals surface area contributed by atoms with Gasteiger partial charge in [-0.2, -0.15) is 26.3 Å². The van der Waals surface area contributed by atoms with Crippen molar-refractivity contribution in [2.45, 2.75) is 31.6 Å². The summed E-state index contributed by atoms with van der Waals surface area (Å²) < 4.78 is 99.3. The van der Waals surface area contributed by atoms with Crippen LogP contribution in [0.1, 0.15) is 30.4 Å². The molecule has 11 heteroatoms. The van der Waals surface area contributed by atoms with Crippen molar-refractivity contribution in [3.63, 3.8) is 0 Å². The lowest BCUT2D eigenvalue weighted by Gasteiger charge is -2.21. The molecule has 0 saturated carbocycles. The van der Waals surface area contributed by atoms with Crippen molar-refractivity contribution < 1.29 is 39.6 Å². The largest absolute Gasteiger partial charge is 0.416 e. The Balaban J connectivity index is 2.14. The number of sulfone groups is 1. The quantitative estimate of drug-likeness (QED) is 0.780. The Morgan fingerprint density at radius 2 is 1.42 bits per heavy atom. The van der Waals surface area contributed by atoms with Crippen LogP contribution in [0.5, 0.6) is 0 Å². The molecule has 1 saturated heterocycles. The van der Waals surface area contributed by atoms with E-state index in [9.17, 15) is 39.6 Å². The Morgan fingerprint density at radius 3 is 1.85 bits per heavy atom. The van der Waals surface area contributed by atoms with Gasteiger partial charge in [-0.1, -0.05) is 0 Å². The number of carbonyl (C=O) groups excluding carboxylic acids is 1. The highest BCUT2D eigenvalue weighted by Crippen LogP contribution is 2.37. The molecule has 0 aliphatic carbocycles. The second-order valence-electron chi connectivity index (χ2n) is 6.14. The predicted molar refractivity (Wildman–Crippen MR) is 81.1 cm³/mol.